The van der Waals surface area contributed by atoms with Crippen LogP contribution in [0.15, 0.2) is 58.9 Å². The SMILES string of the molecule is CC(C)NS(=O)(=O)c1ccc(C(=O)Nc2nc(-c3ccccn3)cs2)cc1. The van der Waals surface area contributed by atoms with Gasteiger partial charge >= 0.3 is 0 Å². The van der Waals surface area contributed by atoms with Crippen LogP contribution in [-0.4, -0.2) is 30.3 Å². The summed E-state index contributed by atoms with van der Waals surface area (Å²) in [6, 6.07) is 11.1. The summed E-state index contributed by atoms with van der Waals surface area (Å²) in [5.41, 5.74) is 1.74. The molecule has 2 heterocycles. The molecule has 0 spiro atoms. The molecule has 1 aromatic carbocycles. The Bertz CT molecular complexity index is 1030. The average Bonchev–Trinajstić information content (AvgIpc) is 3.10. The van der Waals surface area contributed by atoms with Crippen LogP contribution < -0.4 is 10.0 Å². The number of thiazole rings is 1. The van der Waals surface area contributed by atoms with Gasteiger partial charge in [0.25, 0.3) is 5.91 Å². The van der Waals surface area contributed by atoms with Crippen molar-refractivity contribution in [2.24, 2.45) is 0 Å². The number of pyridine rings is 1. The molecule has 2 aromatic heterocycles. The van der Waals surface area contributed by atoms with E-state index in [2.05, 4.69) is 20.0 Å². The lowest BCUT2D eigenvalue weighted by molar-refractivity contribution is 0.102. The zero-order valence-corrected chi connectivity index (χ0v) is 16.3. The van der Waals surface area contributed by atoms with Crippen LogP contribution in [-0.2, 0) is 10.0 Å². The number of aromatic nitrogens is 2. The zero-order valence-electron chi connectivity index (χ0n) is 14.7. The van der Waals surface area contributed by atoms with Gasteiger partial charge in [-0.2, -0.15) is 0 Å². The second-order valence-electron chi connectivity index (χ2n) is 6.01. The van der Waals surface area contributed by atoms with Crippen molar-refractivity contribution in [1.82, 2.24) is 14.7 Å². The molecule has 0 aliphatic heterocycles. The highest BCUT2D eigenvalue weighted by atomic mass is 32.2. The monoisotopic (exact) mass is 402 g/mol. The minimum atomic E-state index is -3.59. The molecule has 0 aliphatic carbocycles. The van der Waals surface area contributed by atoms with Crippen molar-refractivity contribution in [2.45, 2.75) is 24.8 Å². The van der Waals surface area contributed by atoms with E-state index in [-0.39, 0.29) is 16.8 Å². The van der Waals surface area contributed by atoms with Crippen LogP contribution >= 0.6 is 11.3 Å². The van der Waals surface area contributed by atoms with E-state index >= 15 is 0 Å². The van der Waals surface area contributed by atoms with Gasteiger partial charge in [0, 0.05) is 23.2 Å². The van der Waals surface area contributed by atoms with E-state index in [1.54, 1.807) is 20.0 Å². The van der Waals surface area contributed by atoms with Crippen molar-refractivity contribution in [2.75, 3.05) is 5.32 Å². The molecule has 0 aliphatic rings. The summed E-state index contributed by atoms with van der Waals surface area (Å²) < 4.78 is 26.8. The number of hydrogen-bond donors (Lipinski definition) is 2. The first-order valence-corrected chi connectivity index (χ1v) is 10.5. The molecule has 0 fully saturated rings. The summed E-state index contributed by atoms with van der Waals surface area (Å²) >= 11 is 1.29. The van der Waals surface area contributed by atoms with Gasteiger partial charge in [-0.05, 0) is 50.2 Å². The van der Waals surface area contributed by atoms with E-state index in [9.17, 15) is 13.2 Å². The highest BCUT2D eigenvalue weighted by molar-refractivity contribution is 7.89. The third-order valence-corrected chi connectivity index (χ3v) is 5.90. The van der Waals surface area contributed by atoms with Gasteiger partial charge in [0.15, 0.2) is 5.13 Å². The van der Waals surface area contributed by atoms with Crippen LogP contribution in [0, 0.1) is 0 Å². The van der Waals surface area contributed by atoms with E-state index in [0.29, 0.717) is 16.4 Å². The molecule has 3 aromatic rings. The molecular formula is C18H18N4O3S2. The number of carbonyl (C=O) groups is 1. The van der Waals surface area contributed by atoms with Crippen LogP contribution in [0.2, 0.25) is 0 Å². The molecule has 7 nitrogen and oxygen atoms in total. The molecule has 0 saturated heterocycles. The van der Waals surface area contributed by atoms with Crippen molar-refractivity contribution in [3.05, 3.63) is 59.6 Å². The number of amides is 1. The van der Waals surface area contributed by atoms with Crippen LogP contribution in [0.3, 0.4) is 0 Å². The maximum atomic E-state index is 12.4. The maximum Gasteiger partial charge on any atom is 0.257 e. The first-order valence-electron chi connectivity index (χ1n) is 8.16. The fourth-order valence-electron chi connectivity index (χ4n) is 2.30. The molecule has 0 saturated carbocycles. The molecule has 0 atom stereocenters. The predicted octanol–water partition coefficient (Wildman–Crippen LogP) is 3.14. The lowest BCUT2D eigenvalue weighted by Crippen LogP contribution is -2.30. The average molecular weight is 403 g/mol. The third kappa shape index (κ3) is 4.76. The topological polar surface area (TPSA) is 101 Å². The van der Waals surface area contributed by atoms with Gasteiger partial charge in [-0.1, -0.05) is 6.07 Å². The van der Waals surface area contributed by atoms with Crippen LogP contribution in [0.5, 0.6) is 0 Å². The van der Waals surface area contributed by atoms with Gasteiger partial charge in [-0.3, -0.25) is 15.1 Å². The van der Waals surface area contributed by atoms with Crippen molar-refractivity contribution in [1.29, 1.82) is 0 Å². The summed E-state index contributed by atoms with van der Waals surface area (Å²) in [4.78, 5) is 21.1. The third-order valence-electron chi connectivity index (χ3n) is 3.47. The van der Waals surface area contributed by atoms with Gasteiger partial charge in [0.1, 0.15) is 5.69 Å². The van der Waals surface area contributed by atoms with Gasteiger partial charge in [-0.25, -0.2) is 18.1 Å². The molecule has 1 amide bonds. The van der Waals surface area contributed by atoms with Crippen LogP contribution in [0.1, 0.15) is 24.2 Å². The molecule has 9 heteroatoms. The van der Waals surface area contributed by atoms with Crippen molar-refractivity contribution >= 4 is 32.4 Å². The minimum Gasteiger partial charge on any atom is -0.298 e. The first-order chi connectivity index (χ1) is 12.8. The molecule has 3 rings (SSSR count). The quantitative estimate of drug-likeness (QED) is 0.660. The number of rotatable bonds is 6. The Hall–Kier alpha value is -2.62. The highest BCUT2D eigenvalue weighted by Crippen LogP contribution is 2.23. The van der Waals surface area contributed by atoms with Crippen LogP contribution in [0.4, 0.5) is 5.13 Å². The maximum absolute atomic E-state index is 12.4. The smallest absolute Gasteiger partial charge is 0.257 e. The molecule has 0 bridgehead atoms. The zero-order chi connectivity index (χ0) is 19.4. The fourth-order valence-corrected chi connectivity index (χ4v) is 4.25. The summed E-state index contributed by atoms with van der Waals surface area (Å²) in [7, 11) is -3.59. The number of hydrogen-bond acceptors (Lipinski definition) is 6. The molecular weight excluding hydrogens is 384 g/mol. The second kappa shape index (κ2) is 7.95. The lowest BCUT2D eigenvalue weighted by Gasteiger charge is -2.10. The summed E-state index contributed by atoms with van der Waals surface area (Å²) in [6.07, 6.45) is 1.68. The van der Waals surface area contributed by atoms with Crippen molar-refractivity contribution < 1.29 is 13.2 Å². The Kier molecular flexibility index (Phi) is 5.64. The lowest BCUT2D eigenvalue weighted by atomic mass is 10.2. The summed E-state index contributed by atoms with van der Waals surface area (Å²) in [5.74, 6) is -0.363. The standard InChI is InChI=1S/C18H18N4O3S2/c1-12(2)22-27(24,25)14-8-6-13(7-9-14)17(23)21-18-20-16(11-26-18)15-5-3-4-10-19-15/h3-12,22H,1-2H3,(H,20,21,23). The number of benzene rings is 1. The number of anilines is 1. The minimum absolute atomic E-state index is 0.111. The van der Waals surface area contributed by atoms with E-state index in [1.165, 1.54) is 35.6 Å². The van der Waals surface area contributed by atoms with Crippen molar-refractivity contribution in [3.8, 4) is 11.4 Å². The Labute approximate surface area is 161 Å². The normalized spacial score (nSPS) is 11.5. The molecule has 0 radical (unpaired) electrons. The molecule has 2 N–H and O–H groups in total. The van der Waals surface area contributed by atoms with E-state index in [0.717, 1.165) is 5.69 Å². The van der Waals surface area contributed by atoms with Gasteiger partial charge in [0.05, 0.1) is 10.6 Å². The Morgan fingerprint density at radius 1 is 1.07 bits per heavy atom. The fraction of sp³-hybridized carbons (Fsp3) is 0.167. The summed E-state index contributed by atoms with van der Waals surface area (Å²) in [6.45, 7) is 3.49. The largest absolute Gasteiger partial charge is 0.298 e. The highest BCUT2D eigenvalue weighted by Gasteiger charge is 2.16. The number of sulfonamides is 1. The predicted molar refractivity (Wildman–Crippen MR) is 105 cm³/mol. The molecule has 0 unspecified atom stereocenters. The Balaban J connectivity index is 1.71. The summed E-state index contributed by atoms with van der Waals surface area (Å²) in [5, 5.41) is 4.97. The van der Waals surface area contributed by atoms with E-state index in [4.69, 9.17) is 0 Å². The van der Waals surface area contributed by atoms with Gasteiger partial charge in [-0.15, -0.1) is 11.3 Å². The van der Waals surface area contributed by atoms with E-state index < -0.39 is 10.0 Å². The second-order valence-corrected chi connectivity index (χ2v) is 8.58. The first kappa shape index (κ1) is 19.2. The van der Waals surface area contributed by atoms with Crippen LogP contribution in [0.25, 0.3) is 11.4 Å². The number of carbonyl (C=O) groups excluding carboxylic acids is 1. The number of nitrogens with zero attached hydrogens (tertiary/aromatic N) is 2. The van der Waals surface area contributed by atoms with Gasteiger partial charge in [0.2, 0.25) is 10.0 Å². The number of nitrogens with one attached hydrogen (secondary N) is 2. The van der Waals surface area contributed by atoms with Crippen molar-refractivity contribution in [3.63, 3.8) is 0 Å². The Morgan fingerprint density at radius 3 is 2.44 bits per heavy atom. The molecule has 140 valence electrons. The molecule has 27 heavy (non-hydrogen) atoms. The van der Waals surface area contributed by atoms with E-state index in [1.807, 2.05) is 23.6 Å². The Morgan fingerprint density at radius 2 is 1.81 bits per heavy atom. The van der Waals surface area contributed by atoms with Gasteiger partial charge < -0.3 is 0 Å².